The van der Waals surface area contributed by atoms with Crippen molar-refractivity contribution < 1.29 is 21.5 Å². The summed E-state index contributed by atoms with van der Waals surface area (Å²) in [5.74, 6) is 6.65. The van der Waals surface area contributed by atoms with Crippen LogP contribution in [0.1, 0.15) is 69.9 Å². The molecule has 0 radical (unpaired) electrons. The number of unbranched alkanes of at least 4 members (excludes halogenated alkanes) is 4. The van der Waals surface area contributed by atoms with Gasteiger partial charge in [-0.1, -0.05) is 32.1 Å². The van der Waals surface area contributed by atoms with Crippen molar-refractivity contribution >= 4 is 0 Å². The normalized spacial score (nSPS) is 17.4. The highest BCUT2D eigenvalue weighted by Gasteiger charge is 2.24. The molecular weight excluding hydrogens is 348 g/mol. The van der Waals surface area contributed by atoms with Crippen LogP contribution in [0.5, 0.6) is 0 Å². The minimum Gasteiger partial charge on any atom is -1.00 e. The first kappa shape index (κ1) is 20.2. The van der Waals surface area contributed by atoms with E-state index in [2.05, 4.69) is 59.8 Å². The van der Waals surface area contributed by atoms with Crippen LogP contribution in [0.2, 0.25) is 0 Å². The Kier molecular flexibility index (Phi) is 10.2. The van der Waals surface area contributed by atoms with Crippen molar-refractivity contribution in [2.24, 2.45) is 0 Å². The number of hydrogen-bond donors (Lipinski definition) is 0. The Morgan fingerprint density at radius 1 is 1.22 bits per heavy atom. The Morgan fingerprint density at radius 2 is 2.04 bits per heavy atom. The largest absolute Gasteiger partial charge is 1.00 e. The molecule has 2 rings (SSSR count). The van der Waals surface area contributed by atoms with Crippen molar-refractivity contribution in [3.05, 3.63) is 30.1 Å². The van der Waals surface area contributed by atoms with Crippen LogP contribution < -0.4 is 21.5 Å². The van der Waals surface area contributed by atoms with Gasteiger partial charge in [0.2, 0.25) is 0 Å². The quantitative estimate of drug-likeness (QED) is 0.391. The van der Waals surface area contributed by atoms with Crippen LogP contribution in [0.15, 0.2) is 24.5 Å². The highest BCUT2D eigenvalue weighted by atomic mass is 79.9. The van der Waals surface area contributed by atoms with Gasteiger partial charge in [0.25, 0.3) is 0 Å². The fraction of sp³-hybridized carbons (Fsp3) is 0.650. The van der Waals surface area contributed by atoms with Gasteiger partial charge >= 0.3 is 0 Å². The molecule has 1 aliphatic heterocycles. The zero-order valence-corrected chi connectivity index (χ0v) is 16.3. The molecule has 0 spiro atoms. The second kappa shape index (κ2) is 11.6. The predicted octanol–water partition coefficient (Wildman–Crippen LogP) is 1.11. The van der Waals surface area contributed by atoms with Gasteiger partial charge in [-0.15, -0.1) is 5.92 Å². The van der Waals surface area contributed by atoms with E-state index < -0.39 is 0 Å². The van der Waals surface area contributed by atoms with E-state index in [1.54, 1.807) is 0 Å². The number of aryl methyl sites for hydroxylation is 1. The first-order valence-corrected chi connectivity index (χ1v) is 8.96. The van der Waals surface area contributed by atoms with E-state index in [9.17, 15) is 0 Å². The average Bonchev–Trinajstić information content (AvgIpc) is 2.96. The minimum atomic E-state index is 0. The highest BCUT2D eigenvalue weighted by Crippen LogP contribution is 2.29. The van der Waals surface area contributed by atoms with Crippen molar-refractivity contribution in [2.45, 2.75) is 70.9 Å². The molecule has 1 aromatic heterocycles. The summed E-state index contributed by atoms with van der Waals surface area (Å²) in [4.78, 5) is 2.47. The molecule has 1 saturated heterocycles. The summed E-state index contributed by atoms with van der Waals surface area (Å²) in [6, 6.07) is 5.05. The van der Waals surface area contributed by atoms with Crippen LogP contribution in [-0.2, 0) is 6.54 Å². The van der Waals surface area contributed by atoms with E-state index >= 15 is 0 Å². The Bertz CT molecular complexity index is 504. The summed E-state index contributed by atoms with van der Waals surface area (Å²) in [5.41, 5.74) is 1.45. The minimum absolute atomic E-state index is 0. The summed E-state index contributed by atoms with van der Waals surface area (Å²) in [6.07, 6.45) is 14.4. The molecule has 23 heavy (non-hydrogen) atoms. The molecule has 128 valence electrons. The van der Waals surface area contributed by atoms with E-state index in [0.29, 0.717) is 6.04 Å². The molecule has 0 aliphatic carbocycles. The molecule has 1 aromatic rings. The van der Waals surface area contributed by atoms with Gasteiger partial charge in [-0.05, 0) is 38.9 Å². The number of aromatic nitrogens is 1. The Hall–Kier alpha value is -0.850. The van der Waals surface area contributed by atoms with Crippen molar-refractivity contribution in [1.29, 1.82) is 0 Å². The molecule has 0 bridgehead atoms. The number of hydrogen-bond acceptors (Lipinski definition) is 1. The second-order valence-electron chi connectivity index (χ2n) is 6.43. The molecule has 0 aromatic carbocycles. The number of pyridine rings is 1. The Morgan fingerprint density at radius 3 is 2.78 bits per heavy atom. The molecule has 2 heterocycles. The lowest BCUT2D eigenvalue weighted by atomic mass is 10.1. The molecule has 0 amide bonds. The van der Waals surface area contributed by atoms with E-state index in [4.69, 9.17) is 0 Å². The monoisotopic (exact) mass is 378 g/mol. The molecule has 1 fully saturated rings. The summed E-state index contributed by atoms with van der Waals surface area (Å²) in [5, 5.41) is 0. The van der Waals surface area contributed by atoms with Gasteiger partial charge in [-0.25, -0.2) is 4.57 Å². The van der Waals surface area contributed by atoms with Crippen molar-refractivity contribution in [1.82, 2.24) is 4.90 Å². The molecule has 0 N–H and O–H groups in total. The first-order chi connectivity index (χ1) is 10.8. The maximum Gasteiger partial charge on any atom is 0.173 e. The van der Waals surface area contributed by atoms with Gasteiger partial charge in [-0.2, -0.15) is 0 Å². The van der Waals surface area contributed by atoms with Crippen LogP contribution in [0.4, 0.5) is 0 Å². The van der Waals surface area contributed by atoms with E-state index in [0.717, 1.165) is 19.4 Å². The fourth-order valence-electron chi connectivity index (χ4n) is 3.21. The summed E-state index contributed by atoms with van der Waals surface area (Å²) >= 11 is 0. The second-order valence-corrected chi connectivity index (χ2v) is 6.43. The lowest BCUT2D eigenvalue weighted by Crippen LogP contribution is -3.00. The van der Waals surface area contributed by atoms with Gasteiger partial charge in [0.15, 0.2) is 18.9 Å². The molecular formula is C20H31BrN2. The highest BCUT2D eigenvalue weighted by molar-refractivity contribution is 5.12. The average molecular weight is 379 g/mol. The van der Waals surface area contributed by atoms with E-state index in [-0.39, 0.29) is 17.0 Å². The number of nitrogens with zero attached hydrogens (tertiary/aromatic N) is 2. The van der Waals surface area contributed by atoms with Gasteiger partial charge < -0.3 is 17.0 Å². The Labute approximate surface area is 153 Å². The summed E-state index contributed by atoms with van der Waals surface area (Å²) < 4.78 is 2.30. The number of rotatable bonds is 7. The van der Waals surface area contributed by atoms with Crippen LogP contribution >= 0.6 is 0 Å². The third kappa shape index (κ3) is 7.06. The zero-order valence-electron chi connectivity index (χ0n) is 14.7. The maximum absolute atomic E-state index is 3.33. The third-order valence-electron chi connectivity index (χ3n) is 4.56. The van der Waals surface area contributed by atoms with Gasteiger partial charge in [0.1, 0.15) is 0 Å². The Balaban J connectivity index is 0.00000264. The van der Waals surface area contributed by atoms with Crippen LogP contribution in [-0.4, -0.2) is 18.5 Å². The van der Waals surface area contributed by atoms with Crippen molar-refractivity contribution in [3.63, 3.8) is 0 Å². The molecule has 3 heteroatoms. The molecule has 1 unspecified atom stereocenters. The predicted molar refractivity (Wildman–Crippen MR) is 92.4 cm³/mol. The standard InChI is InChI=1S/C20H31N2.BrH/c1-3-4-5-6-7-8-9-10-16-22-17-11-13-19(18-22)20-14-12-15-21(20)2;/h11,13,17-18,20H,3-7,10,12,14-16H2,1-2H3;1H/q+1;/p-1. The van der Waals surface area contributed by atoms with E-state index in [1.807, 2.05) is 0 Å². The lowest BCUT2D eigenvalue weighted by molar-refractivity contribution is -0.696. The number of likely N-dealkylation sites (tertiary alicyclic amines) is 1. The number of halogens is 1. The molecule has 0 saturated carbocycles. The fourth-order valence-corrected chi connectivity index (χ4v) is 3.21. The maximum atomic E-state index is 3.33. The molecule has 2 nitrogen and oxygen atoms in total. The van der Waals surface area contributed by atoms with Crippen LogP contribution in [0, 0.1) is 11.8 Å². The van der Waals surface area contributed by atoms with Gasteiger partial charge in [0.05, 0.1) is 6.42 Å². The topological polar surface area (TPSA) is 7.12 Å². The van der Waals surface area contributed by atoms with E-state index in [1.165, 1.54) is 50.6 Å². The van der Waals surface area contributed by atoms with Gasteiger partial charge in [0, 0.05) is 24.1 Å². The van der Waals surface area contributed by atoms with Crippen molar-refractivity contribution in [2.75, 3.05) is 13.6 Å². The molecule has 1 atom stereocenters. The summed E-state index contributed by atoms with van der Waals surface area (Å²) in [6.45, 7) is 4.48. The third-order valence-corrected chi connectivity index (χ3v) is 4.56. The SMILES string of the molecule is CCCCCCC#CCC[n+]1cccc(C2CCCN2C)c1.[Br-]. The lowest BCUT2D eigenvalue weighted by Gasteiger charge is -2.18. The molecule has 1 aliphatic rings. The summed E-state index contributed by atoms with van der Waals surface area (Å²) in [7, 11) is 2.24. The zero-order chi connectivity index (χ0) is 15.6. The van der Waals surface area contributed by atoms with Crippen LogP contribution in [0.3, 0.4) is 0 Å². The van der Waals surface area contributed by atoms with Crippen LogP contribution in [0.25, 0.3) is 0 Å². The first-order valence-electron chi connectivity index (χ1n) is 8.96. The smallest absolute Gasteiger partial charge is 0.173 e. The van der Waals surface area contributed by atoms with Crippen molar-refractivity contribution in [3.8, 4) is 11.8 Å². The van der Waals surface area contributed by atoms with Gasteiger partial charge in [-0.3, -0.25) is 4.90 Å².